The van der Waals surface area contributed by atoms with Crippen LogP contribution in [-0.4, -0.2) is 88.9 Å². The minimum atomic E-state index is -4.86. The molecule has 4 aromatic rings. The fraction of sp³-hybridized carbons (Fsp3) is 0.321. The molecule has 0 saturated carbocycles. The monoisotopic (exact) mass is 673 g/mol. The molecule has 10 N–H and O–H groups in total. The summed E-state index contributed by atoms with van der Waals surface area (Å²) in [4.78, 5) is 36.2. The first-order valence-electron chi connectivity index (χ1n) is 14.1. The lowest BCUT2D eigenvalue weighted by atomic mass is 10.1. The van der Waals surface area contributed by atoms with Crippen LogP contribution < -0.4 is 21.7 Å². The van der Waals surface area contributed by atoms with Gasteiger partial charge >= 0.3 is 19.8 Å². The summed E-state index contributed by atoms with van der Waals surface area (Å²) in [6.07, 6.45) is -3.21. The van der Waals surface area contributed by atoms with E-state index in [9.17, 15) is 29.5 Å². The molecule has 3 heterocycles. The van der Waals surface area contributed by atoms with Crippen LogP contribution >= 0.6 is 7.82 Å². The Kier molecular flexibility index (Phi) is 10.0. The van der Waals surface area contributed by atoms with Gasteiger partial charge in [0, 0.05) is 0 Å². The summed E-state index contributed by atoms with van der Waals surface area (Å²) in [6.45, 7) is -0.693. The molecule has 1 fully saturated rings. The van der Waals surface area contributed by atoms with Crippen molar-refractivity contribution >= 4 is 36.7 Å². The zero-order valence-electron chi connectivity index (χ0n) is 24.5. The van der Waals surface area contributed by atoms with Crippen LogP contribution in [0.1, 0.15) is 17.4 Å². The zero-order chi connectivity index (χ0) is 33.9. The van der Waals surface area contributed by atoms with E-state index in [1.807, 2.05) is 0 Å². The number of hydrogen-bond donors (Lipinski definition) is 7. The van der Waals surface area contributed by atoms with E-state index in [2.05, 4.69) is 15.0 Å². The lowest BCUT2D eigenvalue weighted by Crippen LogP contribution is -2.35. The van der Waals surface area contributed by atoms with Gasteiger partial charge in [-0.05, 0) is 48.2 Å². The van der Waals surface area contributed by atoms with Gasteiger partial charge in [-0.3, -0.25) is 13.9 Å². The van der Waals surface area contributed by atoms with Crippen LogP contribution in [0.5, 0.6) is 11.5 Å². The van der Waals surface area contributed by atoms with E-state index in [1.165, 1.54) is 65.8 Å². The van der Waals surface area contributed by atoms with Crippen molar-refractivity contribution in [2.75, 3.05) is 12.3 Å². The number of fused-ring (bicyclic) bond motifs is 1. The number of carboxylic acid groups (broad SMARTS) is 1. The number of nitrogens with zero attached hydrogens (tertiary/aromatic N) is 4. The number of rotatable bonds is 13. The number of aromatic hydroxyl groups is 1. The first-order chi connectivity index (χ1) is 22.3. The Bertz CT molecular complexity index is 1770. The van der Waals surface area contributed by atoms with Gasteiger partial charge in [-0.25, -0.2) is 24.3 Å². The Morgan fingerprint density at radius 3 is 2.26 bits per heavy atom. The molecular formula is C28H32N7O11P. The van der Waals surface area contributed by atoms with E-state index in [0.717, 1.165) is 0 Å². The van der Waals surface area contributed by atoms with Gasteiger partial charge in [0.15, 0.2) is 17.7 Å². The van der Waals surface area contributed by atoms with E-state index >= 15 is 0 Å². The number of carbonyl (C=O) groups is 2. The molecule has 2 aromatic carbocycles. The van der Waals surface area contributed by atoms with Gasteiger partial charge in [-0.2, -0.15) is 0 Å². The lowest BCUT2D eigenvalue weighted by molar-refractivity contribution is -0.139. The van der Waals surface area contributed by atoms with E-state index in [0.29, 0.717) is 11.1 Å². The fourth-order valence-electron chi connectivity index (χ4n) is 4.69. The highest BCUT2D eigenvalue weighted by atomic mass is 31.2. The van der Waals surface area contributed by atoms with Gasteiger partial charge in [0.25, 0.3) is 0 Å². The second-order valence-corrected chi connectivity index (χ2v) is 12.2. The molecule has 2 aromatic heterocycles. The Labute approximate surface area is 266 Å². The maximum atomic E-state index is 13.9. The molecule has 0 spiro atoms. The Morgan fingerprint density at radius 1 is 0.957 bits per heavy atom. The number of nitrogens with two attached hydrogens (primary N) is 3. The van der Waals surface area contributed by atoms with Crippen molar-refractivity contribution in [2.24, 2.45) is 11.5 Å². The van der Waals surface area contributed by atoms with Crippen molar-refractivity contribution in [1.29, 1.82) is 0 Å². The summed E-state index contributed by atoms with van der Waals surface area (Å²) in [7, 11) is -4.86. The quantitative estimate of drug-likeness (QED) is 0.0919. The number of nitrogen functional groups attached to an aromatic ring is 1. The number of aliphatic carboxylic acids is 1. The molecule has 1 saturated heterocycles. The number of phenolic OH excluding ortho intramolecular Hbond substituents is 1. The number of aromatic nitrogens is 4. The van der Waals surface area contributed by atoms with Crippen LogP contribution in [0, 0.1) is 0 Å². The summed E-state index contributed by atoms with van der Waals surface area (Å²) in [5, 5.41) is 40.1. The predicted molar refractivity (Wildman–Crippen MR) is 161 cm³/mol. The van der Waals surface area contributed by atoms with Crippen LogP contribution in [0.4, 0.5) is 5.82 Å². The van der Waals surface area contributed by atoms with Crippen LogP contribution in [0.2, 0.25) is 0 Å². The number of aliphatic hydroxyl groups is 2. The second-order valence-electron chi connectivity index (χ2n) is 10.6. The summed E-state index contributed by atoms with van der Waals surface area (Å²) in [5.74, 6) is -2.34. The number of benzene rings is 2. The number of hydrogen-bond acceptors (Lipinski definition) is 16. The summed E-state index contributed by atoms with van der Waals surface area (Å²) < 4.78 is 37.2. The highest BCUT2D eigenvalue weighted by molar-refractivity contribution is 7.49. The molecule has 5 rings (SSSR count). The van der Waals surface area contributed by atoms with Crippen molar-refractivity contribution < 1.29 is 52.9 Å². The highest BCUT2D eigenvalue weighted by Crippen LogP contribution is 2.50. The molecule has 1 aliphatic rings. The van der Waals surface area contributed by atoms with E-state index < -0.39 is 63.0 Å². The summed E-state index contributed by atoms with van der Waals surface area (Å²) >= 11 is 0. The first-order valence-corrected chi connectivity index (χ1v) is 15.5. The molecule has 250 valence electrons. The Hall–Kier alpha value is -4.68. The molecular weight excluding hydrogens is 641 g/mol. The number of anilines is 1. The average Bonchev–Trinajstić information content (AvgIpc) is 3.59. The van der Waals surface area contributed by atoms with Crippen molar-refractivity contribution in [3.63, 3.8) is 0 Å². The molecule has 0 amide bonds. The standard InChI is InChI=1S/C28H32N7O11P/c29-18(27(39)40)9-15-3-7-17(8-4-15)45-47(42,46-28(41)19(30)10-14-1-5-16(36)6-2-14)43-11-20-22(37)23(38)26(44-20)35-13-34-21-24(31)32-12-33-25(21)35/h1-8,12-13,18-20,22-23,26,36-38H,9-11,29-30H2,(H,39,40)(H2,31,32,33)/t18-,19-,20+,22+,23+,26+,47?/m0/s1. The Balaban J connectivity index is 1.32. The molecule has 47 heavy (non-hydrogen) atoms. The molecule has 19 heteroatoms. The molecule has 0 radical (unpaired) electrons. The third-order valence-electron chi connectivity index (χ3n) is 7.21. The van der Waals surface area contributed by atoms with Gasteiger partial charge in [-0.1, -0.05) is 24.3 Å². The molecule has 1 unspecified atom stereocenters. The van der Waals surface area contributed by atoms with Crippen LogP contribution in [0.15, 0.2) is 61.2 Å². The fourth-order valence-corrected chi connectivity index (χ4v) is 5.90. The summed E-state index contributed by atoms with van der Waals surface area (Å²) in [6, 6.07) is 9.01. The van der Waals surface area contributed by atoms with Gasteiger partial charge in [-0.15, -0.1) is 0 Å². The normalized spacial score (nSPS) is 22.0. The lowest BCUT2D eigenvalue weighted by Gasteiger charge is -2.22. The van der Waals surface area contributed by atoms with Crippen LogP contribution in [0.3, 0.4) is 0 Å². The van der Waals surface area contributed by atoms with Crippen molar-refractivity contribution in [3.05, 3.63) is 72.3 Å². The van der Waals surface area contributed by atoms with Crippen molar-refractivity contribution in [3.8, 4) is 11.5 Å². The van der Waals surface area contributed by atoms with Gasteiger partial charge in [0.2, 0.25) is 0 Å². The largest absolute Gasteiger partial charge is 0.589 e. The summed E-state index contributed by atoms with van der Waals surface area (Å²) in [5.41, 5.74) is 19.0. The number of aliphatic hydroxyl groups excluding tert-OH is 2. The molecule has 18 nitrogen and oxygen atoms in total. The smallest absolute Gasteiger partial charge is 0.508 e. The third kappa shape index (κ3) is 7.83. The van der Waals surface area contributed by atoms with Crippen LogP contribution in [-0.2, 0) is 40.8 Å². The van der Waals surface area contributed by atoms with E-state index in [1.54, 1.807) is 0 Å². The first kappa shape index (κ1) is 33.7. The number of phosphoric acid groups is 1. The maximum absolute atomic E-state index is 13.9. The number of phosphoric ester groups is 1. The predicted octanol–water partition coefficient (Wildman–Crippen LogP) is 0.00460. The maximum Gasteiger partial charge on any atom is 0.589 e. The topological polar surface area (TPSA) is 291 Å². The van der Waals surface area contributed by atoms with Crippen molar-refractivity contribution in [1.82, 2.24) is 19.5 Å². The molecule has 0 bridgehead atoms. The number of imidazole rings is 1. The number of ether oxygens (including phenoxy) is 1. The Morgan fingerprint density at radius 2 is 1.60 bits per heavy atom. The number of carboxylic acids is 1. The molecule has 0 aliphatic carbocycles. The van der Waals surface area contributed by atoms with E-state index in [4.69, 9.17) is 40.6 Å². The zero-order valence-corrected chi connectivity index (χ0v) is 25.4. The number of phenols is 1. The minimum Gasteiger partial charge on any atom is -0.508 e. The van der Waals surface area contributed by atoms with Gasteiger partial charge in [0.1, 0.15) is 53.7 Å². The second kappa shape index (κ2) is 14.0. The third-order valence-corrected chi connectivity index (χ3v) is 8.51. The number of carbonyl (C=O) groups excluding carboxylic acids is 1. The van der Waals surface area contributed by atoms with Crippen LogP contribution in [0.25, 0.3) is 11.2 Å². The highest BCUT2D eigenvalue weighted by Gasteiger charge is 2.46. The van der Waals surface area contributed by atoms with Crippen molar-refractivity contribution in [2.45, 2.75) is 49.5 Å². The van der Waals surface area contributed by atoms with Gasteiger partial charge in [0.05, 0.1) is 12.9 Å². The molecule has 7 atom stereocenters. The average molecular weight is 674 g/mol. The molecule has 1 aliphatic heterocycles. The van der Waals surface area contributed by atoms with Gasteiger partial charge < -0.3 is 51.4 Å². The minimum absolute atomic E-state index is 0.00387. The SMILES string of the molecule is Nc1ncnc2c1ncn2[C@@H]1O[C@H](COP(=O)(OC(=O)[C@@H](N)Cc2ccc(O)cc2)Oc2ccc(C[C@H](N)C(=O)O)cc2)[C@@H](O)[C@H]1O. The van der Waals surface area contributed by atoms with E-state index in [-0.39, 0.29) is 41.3 Å².